The lowest BCUT2D eigenvalue weighted by atomic mass is 9.96. The number of nitrogens with zero attached hydrogens (tertiary/aromatic N) is 1. The van der Waals surface area contributed by atoms with Crippen molar-refractivity contribution in [1.29, 1.82) is 0 Å². The molecule has 0 spiro atoms. The van der Waals surface area contributed by atoms with Gasteiger partial charge in [0, 0.05) is 6.04 Å². The Kier molecular flexibility index (Phi) is 4.88. The van der Waals surface area contributed by atoms with Crippen molar-refractivity contribution < 1.29 is 10.0 Å². The van der Waals surface area contributed by atoms with Gasteiger partial charge in [-0.3, -0.25) is 0 Å². The van der Waals surface area contributed by atoms with Gasteiger partial charge in [-0.05, 0) is 19.8 Å². The molecule has 0 heterocycles. The highest BCUT2D eigenvalue weighted by molar-refractivity contribution is 5.89. The fraction of sp³-hybridized carbons (Fsp3) is 0.800. The van der Waals surface area contributed by atoms with Gasteiger partial charge in [0.15, 0.2) is 5.84 Å². The molecule has 1 fully saturated rings. The van der Waals surface area contributed by atoms with E-state index in [0.717, 1.165) is 12.8 Å². The van der Waals surface area contributed by atoms with E-state index in [0.29, 0.717) is 0 Å². The zero-order valence-corrected chi connectivity index (χ0v) is 9.57. The molecule has 1 saturated carbocycles. The first kappa shape index (κ1) is 12.6. The number of carbonyl (C=O) groups excluding carboxylic acids is 1. The summed E-state index contributed by atoms with van der Waals surface area (Å²) in [5.41, 5.74) is 5.36. The molecule has 0 saturated heterocycles. The third-order valence-electron chi connectivity index (χ3n) is 2.85. The van der Waals surface area contributed by atoms with Crippen molar-refractivity contribution in [2.75, 3.05) is 0 Å². The Morgan fingerprint density at radius 3 is 2.62 bits per heavy atom. The van der Waals surface area contributed by atoms with Crippen molar-refractivity contribution in [2.45, 2.75) is 51.1 Å². The van der Waals surface area contributed by atoms with Crippen molar-refractivity contribution in [2.24, 2.45) is 10.9 Å². The maximum absolute atomic E-state index is 11.5. The zero-order chi connectivity index (χ0) is 12.0. The van der Waals surface area contributed by atoms with Crippen LogP contribution in [-0.4, -0.2) is 29.2 Å². The number of amidine groups is 1. The minimum Gasteiger partial charge on any atom is -0.409 e. The van der Waals surface area contributed by atoms with E-state index in [2.05, 4.69) is 15.8 Å². The van der Waals surface area contributed by atoms with Crippen molar-refractivity contribution in [1.82, 2.24) is 10.6 Å². The summed E-state index contributed by atoms with van der Waals surface area (Å²) in [7, 11) is 0. The first-order chi connectivity index (χ1) is 7.63. The van der Waals surface area contributed by atoms with Crippen LogP contribution in [0.25, 0.3) is 0 Å². The molecular weight excluding hydrogens is 208 g/mol. The molecule has 1 aliphatic rings. The molecule has 0 aromatic carbocycles. The molecule has 0 bridgehead atoms. The van der Waals surface area contributed by atoms with Crippen molar-refractivity contribution in [3.8, 4) is 0 Å². The van der Waals surface area contributed by atoms with Crippen LogP contribution in [0.1, 0.15) is 39.0 Å². The second kappa shape index (κ2) is 6.19. The van der Waals surface area contributed by atoms with Gasteiger partial charge in [0.1, 0.15) is 0 Å². The average Bonchev–Trinajstić information content (AvgIpc) is 2.29. The van der Waals surface area contributed by atoms with Gasteiger partial charge < -0.3 is 21.6 Å². The summed E-state index contributed by atoms with van der Waals surface area (Å²) in [4.78, 5) is 11.5. The summed E-state index contributed by atoms with van der Waals surface area (Å²) in [6.45, 7) is 1.66. The standard InChI is InChI=1S/C10H20N4O2/c1-7(9(11)14-16)12-10(15)13-8-5-3-2-4-6-8/h7-8,16H,2-6H2,1H3,(H2,11,14)(H2,12,13,15). The Bertz CT molecular complexity index is 262. The summed E-state index contributed by atoms with van der Waals surface area (Å²) < 4.78 is 0. The average molecular weight is 228 g/mol. The molecule has 1 atom stereocenters. The van der Waals surface area contributed by atoms with Crippen LogP contribution in [0.3, 0.4) is 0 Å². The molecule has 0 aromatic heterocycles. The lowest BCUT2D eigenvalue weighted by molar-refractivity contribution is 0.231. The van der Waals surface area contributed by atoms with E-state index in [1.807, 2.05) is 0 Å². The van der Waals surface area contributed by atoms with E-state index < -0.39 is 6.04 Å². The summed E-state index contributed by atoms with van der Waals surface area (Å²) >= 11 is 0. The number of nitrogens with two attached hydrogens (primary N) is 1. The molecule has 0 aromatic rings. The second-order valence-corrected chi connectivity index (χ2v) is 4.20. The number of amides is 2. The number of urea groups is 1. The predicted molar refractivity (Wildman–Crippen MR) is 61.4 cm³/mol. The summed E-state index contributed by atoms with van der Waals surface area (Å²) in [6.07, 6.45) is 5.65. The van der Waals surface area contributed by atoms with Crippen LogP contribution in [0.5, 0.6) is 0 Å². The van der Waals surface area contributed by atoms with Gasteiger partial charge in [-0.15, -0.1) is 0 Å². The molecular formula is C10H20N4O2. The minimum absolute atomic E-state index is 0.00112. The number of hydrogen-bond acceptors (Lipinski definition) is 3. The molecule has 6 heteroatoms. The molecule has 16 heavy (non-hydrogen) atoms. The monoisotopic (exact) mass is 228 g/mol. The maximum Gasteiger partial charge on any atom is 0.315 e. The van der Waals surface area contributed by atoms with Crippen molar-refractivity contribution in [3.05, 3.63) is 0 Å². The number of rotatable bonds is 3. The molecule has 1 unspecified atom stereocenters. The highest BCUT2D eigenvalue weighted by atomic mass is 16.4. The van der Waals surface area contributed by atoms with Crippen LogP contribution in [-0.2, 0) is 0 Å². The number of nitrogens with one attached hydrogen (secondary N) is 2. The Morgan fingerprint density at radius 2 is 2.06 bits per heavy atom. The molecule has 1 aliphatic carbocycles. The molecule has 2 amide bonds. The second-order valence-electron chi connectivity index (χ2n) is 4.20. The normalized spacial score (nSPS) is 20.2. The highest BCUT2D eigenvalue weighted by Crippen LogP contribution is 2.17. The van der Waals surface area contributed by atoms with Gasteiger partial charge in [0.2, 0.25) is 0 Å². The molecule has 92 valence electrons. The van der Waals surface area contributed by atoms with Crippen molar-refractivity contribution >= 4 is 11.9 Å². The van der Waals surface area contributed by atoms with Gasteiger partial charge in [0.05, 0.1) is 6.04 Å². The fourth-order valence-corrected chi connectivity index (χ4v) is 1.83. The smallest absolute Gasteiger partial charge is 0.315 e. The van der Waals surface area contributed by atoms with Gasteiger partial charge in [-0.1, -0.05) is 24.4 Å². The fourth-order valence-electron chi connectivity index (χ4n) is 1.83. The largest absolute Gasteiger partial charge is 0.409 e. The summed E-state index contributed by atoms with van der Waals surface area (Å²) in [5.74, 6) is -0.00112. The first-order valence-electron chi connectivity index (χ1n) is 5.68. The third-order valence-corrected chi connectivity index (χ3v) is 2.85. The topological polar surface area (TPSA) is 99.7 Å². The maximum atomic E-state index is 11.5. The molecule has 0 aliphatic heterocycles. The van der Waals surface area contributed by atoms with Crippen molar-refractivity contribution in [3.63, 3.8) is 0 Å². The van der Waals surface area contributed by atoms with Gasteiger partial charge >= 0.3 is 6.03 Å². The van der Waals surface area contributed by atoms with Crippen LogP contribution < -0.4 is 16.4 Å². The lowest BCUT2D eigenvalue weighted by Crippen LogP contribution is -2.49. The van der Waals surface area contributed by atoms with E-state index >= 15 is 0 Å². The molecule has 5 N–H and O–H groups in total. The molecule has 1 rings (SSSR count). The molecule has 6 nitrogen and oxygen atoms in total. The van der Waals surface area contributed by atoms with Gasteiger partial charge in [-0.25, -0.2) is 4.79 Å². The van der Waals surface area contributed by atoms with Crippen LogP contribution in [0.15, 0.2) is 5.16 Å². The van der Waals surface area contributed by atoms with E-state index in [-0.39, 0.29) is 17.9 Å². The SMILES string of the molecule is CC(NC(=O)NC1CCCCC1)/C(N)=N/O. The van der Waals surface area contributed by atoms with E-state index in [4.69, 9.17) is 10.9 Å². The van der Waals surface area contributed by atoms with Gasteiger partial charge in [0.25, 0.3) is 0 Å². The Hall–Kier alpha value is -1.46. The summed E-state index contributed by atoms with van der Waals surface area (Å²) in [6, 6.07) is -0.465. The predicted octanol–water partition coefficient (Wildman–Crippen LogP) is 0.753. The van der Waals surface area contributed by atoms with Crippen LogP contribution in [0.4, 0.5) is 4.79 Å². The van der Waals surface area contributed by atoms with E-state index in [1.54, 1.807) is 6.92 Å². The number of oxime groups is 1. The quantitative estimate of drug-likeness (QED) is 0.248. The van der Waals surface area contributed by atoms with E-state index in [9.17, 15) is 4.79 Å². The highest BCUT2D eigenvalue weighted by Gasteiger charge is 2.17. The van der Waals surface area contributed by atoms with Crippen LogP contribution >= 0.6 is 0 Å². The minimum atomic E-state index is -0.464. The molecule has 0 radical (unpaired) electrons. The van der Waals surface area contributed by atoms with Gasteiger partial charge in [-0.2, -0.15) is 0 Å². The Morgan fingerprint density at radius 1 is 1.44 bits per heavy atom. The Labute approximate surface area is 95.3 Å². The summed E-state index contributed by atoms with van der Waals surface area (Å²) in [5, 5.41) is 16.8. The Balaban J connectivity index is 2.29. The van der Waals surface area contributed by atoms with Crippen LogP contribution in [0, 0.1) is 0 Å². The third kappa shape index (κ3) is 3.96. The number of hydrogen-bond donors (Lipinski definition) is 4. The zero-order valence-electron chi connectivity index (χ0n) is 9.57. The van der Waals surface area contributed by atoms with Crippen LogP contribution in [0.2, 0.25) is 0 Å². The lowest BCUT2D eigenvalue weighted by Gasteiger charge is -2.23. The number of carbonyl (C=O) groups is 1. The van der Waals surface area contributed by atoms with E-state index in [1.165, 1.54) is 19.3 Å². The first-order valence-corrected chi connectivity index (χ1v) is 5.68.